The molecule has 5 rings (SSSR count). The van der Waals surface area contributed by atoms with E-state index in [1.165, 1.54) is 0 Å². The molecule has 30 heavy (non-hydrogen) atoms. The molecule has 2 aliphatic rings. The van der Waals surface area contributed by atoms with Crippen LogP contribution >= 0.6 is 23.2 Å². The van der Waals surface area contributed by atoms with E-state index in [4.69, 9.17) is 23.2 Å². The van der Waals surface area contributed by atoms with E-state index in [9.17, 15) is 14.7 Å². The molecule has 0 radical (unpaired) electrons. The van der Waals surface area contributed by atoms with Crippen LogP contribution in [0, 0.1) is 0 Å². The summed E-state index contributed by atoms with van der Waals surface area (Å²) < 4.78 is 0. The monoisotopic (exact) mass is 437 g/mol. The van der Waals surface area contributed by atoms with Crippen molar-refractivity contribution in [1.29, 1.82) is 0 Å². The molecule has 1 aliphatic heterocycles. The number of carboxylic acids is 1. The number of carbonyl (C=O) groups is 2. The highest BCUT2D eigenvalue weighted by Crippen LogP contribution is 2.66. The predicted molar refractivity (Wildman–Crippen MR) is 117 cm³/mol. The lowest BCUT2D eigenvalue weighted by Crippen LogP contribution is -2.32. The van der Waals surface area contributed by atoms with Crippen LogP contribution < -0.4 is 4.90 Å². The molecule has 0 bridgehead atoms. The lowest BCUT2D eigenvalue weighted by atomic mass is 9.92. The summed E-state index contributed by atoms with van der Waals surface area (Å²) in [7, 11) is 0. The molecule has 4 nitrogen and oxygen atoms in total. The first-order valence-electron chi connectivity index (χ1n) is 9.60. The van der Waals surface area contributed by atoms with Gasteiger partial charge in [0.1, 0.15) is 0 Å². The number of carboxylic acid groups (broad SMARTS) is 1. The lowest BCUT2D eigenvalue weighted by molar-refractivity contribution is -0.120. The van der Waals surface area contributed by atoms with Gasteiger partial charge < -0.3 is 10.0 Å². The molecule has 0 saturated heterocycles. The van der Waals surface area contributed by atoms with Gasteiger partial charge in [0.05, 0.1) is 17.5 Å². The van der Waals surface area contributed by atoms with Crippen molar-refractivity contribution in [2.75, 3.05) is 4.90 Å². The number of halogens is 2. The third-order valence-corrected chi connectivity index (χ3v) is 6.59. The number of anilines is 1. The Labute approximate surface area is 183 Å². The summed E-state index contributed by atoms with van der Waals surface area (Å²) in [5, 5.41) is 10.5. The molecule has 150 valence electrons. The van der Waals surface area contributed by atoms with E-state index in [2.05, 4.69) is 0 Å². The first kappa shape index (κ1) is 19.2. The second-order valence-electron chi connectivity index (χ2n) is 7.84. The molecule has 3 aromatic carbocycles. The Balaban J connectivity index is 1.54. The normalized spacial score (nSPS) is 21.7. The maximum absolute atomic E-state index is 13.7. The Morgan fingerprint density at radius 2 is 1.77 bits per heavy atom. The number of aromatic carboxylic acids is 1. The summed E-state index contributed by atoms with van der Waals surface area (Å²) >= 11 is 12.3. The molecular weight excluding hydrogens is 421 g/mol. The number of nitrogens with zero attached hydrogens (tertiary/aromatic N) is 1. The molecule has 1 saturated carbocycles. The molecule has 1 aliphatic carbocycles. The number of rotatable bonds is 4. The van der Waals surface area contributed by atoms with Crippen LogP contribution in [0.2, 0.25) is 10.0 Å². The molecule has 3 aromatic rings. The molecule has 0 aromatic heterocycles. The third kappa shape index (κ3) is 2.91. The van der Waals surface area contributed by atoms with E-state index in [-0.39, 0.29) is 17.4 Å². The molecule has 1 N–H and O–H groups in total. The van der Waals surface area contributed by atoms with E-state index < -0.39 is 11.4 Å². The minimum absolute atomic E-state index is 0.0282. The summed E-state index contributed by atoms with van der Waals surface area (Å²) in [6.45, 7) is 0.309. The average Bonchev–Trinajstić information content (AvgIpc) is 3.45. The van der Waals surface area contributed by atoms with Crippen molar-refractivity contribution in [3.63, 3.8) is 0 Å². The number of carbonyl (C=O) groups excluding carboxylic acids is 1. The van der Waals surface area contributed by atoms with Gasteiger partial charge in [0.2, 0.25) is 5.91 Å². The van der Waals surface area contributed by atoms with Gasteiger partial charge in [-0.15, -0.1) is 0 Å². The van der Waals surface area contributed by atoms with E-state index in [0.29, 0.717) is 23.0 Å². The van der Waals surface area contributed by atoms with Crippen molar-refractivity contribution in [1.82, 2.24) is 0 Å². The van der Waals surface area contributed by atoms with E-state index in [1.54, 1.807) is 29.2 Å². The highest BCUT2D eigenvalue weighted by molar-refractivity contribution is 6.31. The average molecular weight is 438 g/mol. The highest BCUT2D eigenvalue weighted by Gasteiger charge is 2.67. The van der Waals surface area contributed by atoms with Crippen molar-refractivity contribution < 1.29 is 14.7 Å². The molecule has 1 spiro atoms. The summed E-state index contributed by atoms with van der Waals surface area (Å²) in [6, 6.07) is 19.9. The van der Waals surface area contributed by atoms with Crippen LogP contribution in [0.3, 0.4) is 0 Å². The molecule has 1 fully saturated rings. The summed E-state index contributed by atoms with van der Waals surface area (Å²) in [5.41, 5.74) is 3.20. The molecule has 2 atom stereocenters. The fourth-order valence-electron chi connectivity index (χ4n) is 4.60. The van der Waals surface area contributed by atoms with Crippen molar-refractivity contribution in [2.45, 2.75) is 24.3 Å². The maximum Gasteiger partial charge on any atom is 0.335 e. The fourth-order valence-corrected chi connectivity index (χ4v) is 4.90. The summed E-state index contributed by atoms with van der Waals surface area (Å²) in [4.78, 5) is 26.7. The summed E-state index contributed by atoms with van der Waals surface area (Å²) in [6.07, 6.45) is 0.715. The smallest absolute Gasteiger partial charge is 0.335 e. The van der Waals surface area contributed by atoms with Crippen LogP contribution in [0.4, 0.5) is 5.69 Å². The minimum Gasteiger partial charge on any atom is -0.478 e. The first-order valence-corrected chi connectivity index (χ1v) is 10.4. The van der Waals surface area contributed by atoms with Crippen LogP contribution in [0.15, 0.2) is 66.7 Å². The standard InChI is InChI=1S/C24H17Cl2NO3/c25-17-6-4-15(5-7-17)20-12-24(20)19-11-18(26)8-9-21(19)27(23(24)30)13-14-2-1-3-16(10-14)22(28)29/h1-11,20H,12-13H2,(H,28,29)/t20-,24+/m1/s1. The number of hydrogen-bond acceptors (Lipinski definition) is 2. The van der Waals surface area contributed by atoms with Gasteiger partial charge in [-0.2, -0.15) is 0 Å². The van der Waals surface area contributed by atoms with Crippen LogP contribution in [0.1, 0.15) is 39.4 Å². The predicted octanol–water partition coefficient (Wildman–Crippen LogP) is 5.66. The Bertz CT molecular complexity index is 1190. The largest absolute Gasteiger partial charge is 0.478 e. The zero-order valence-electron chi connectivity index (χ0n) is 15.8. The minimum atomic E-state index is -0.988. The number of hydrogen-bond donors (Lipinski definition) is 1. The van der Waals surface area contributed by atoms with E-state index in [1.807, 2.05) is 42.5 Å². The highest BCUT2D eigenvalue weighted by atomic mass is 35.5. The van der Waals surface area contributed by atoms with Gasteiger partial charge in [0, 0.05) is 21.7 Å². The maximum atomic E-state index is 13.7. The van der Waals surface area contributed by atoms with Gasteiger partial charge in [0.15, 0.2) is 0 Å². The first-order chi connectivity index (χ1) is 14.4. The van der Waals surface area contributed by atoms with Gasteiger partial charge in [-0.3, -0.25) is 4.79 Å². The van der Waals surface area contributed by atoms with Crippen molar-refractivity contribution in [3.05, 3.63) is 99.0 Å². The van der Waals surface area contributed by atoms with Gasteiger partial charge in [-0.1, -0.05) is 47.5 Å². The molecule has 0 unspecified atom stereocenters. The lowest BCUT2D eigenvalue weighted by Gasteiger charge is -2.19. The van der Waals surface area contributed by atoms with Gasteiger partial charge in [0.25, 0.3) is 0 Å². The summed E-state index contributed by atoms with van der Waals surface area (Å²) in [5.74, 6) is -0.895. The zero-order valence-corrected chi connectivity index (χ0v) is 17.3. The third-order valence-electron chi connectivity index (χ3n) is 6.10. The van der Waals surface area contributed by atoms with Crippen LogP contribution in [0.5, 0.6) is 0 Å². The van der Waals surface area contributed by atoms with Crippen molar-refractivity contribution in [2.24, 2.45) is 0 Å². The fraction of sp³-hybridized carbons (Fsp3) is 0.167. The topological polar surface area (TPSA) is 57.6 Å². The number of fused-ring (bicyclic) bond motifs is 2. The van der Waals surface area contributed by atoms with E-state index >= 15 is 0 Å². The zero-order chi connectivity index (χ0) is 21.0. The van der Waals surface area contributed by atoms with Crippen LogP contribution in [0.25, 0.3) is 0 Å². The molecule has 1 amide bonds. The molecular formula is C24H17Cl2NO3. The SMILES string of the molecule is O=C(O)c1cccc(CN2C(=O)[C@@]3(C[C@@H]3c3ccc(Cl)cc3)c3cc(Cl)ccc32)c1. The van der Waals surface area contributed by atoms with Gasteiger partial charge in [-0.25, -0.2) is 4.79 Å². The second-order valence-corrected chi connectivity index (χ2v) is 8.71. The molecule has 6 heteroatoms. The Kier molecular flexibility index (Phi) is 4.38. The second kappa shape index (κ2) is 6.86. The Morgan fingerprint density at radius 1 is 1.03 bits per heavy atom. The van der Waals surface area contributed by atoms with Crippen LogP contribution in [-0.4, -0.2) is 17.0 Å². The molecule has 1 heterocycles. The van der Waals surface area contributed by atoms with Crippen molar-refractivity contribution in [3.8, 4) is 0 Å². The van der Waals surface area contributed by atoms with E-state index in [0.717, 1.165) is 22.4 Å². The van der Waals surface area contributed by atoms with Gasteiger partial charge in [-0.05, 0) is 65.6 Å². The number of benzene rings is 3. The van der Waals surface area contributed by atoms with Gasteiger partial charge >= 0.3 is 5.97 Å². The Morgan fingerprint density at radius 3 is 2.50 bits per heavy atom. The van der Waals surface area contributed by atoms with Crippen molar-refractivity contribution >= 4 is 40.8 Å². The quantitative estimate of drug-likeness (QED) is 0.572. The number of amides is 1. The van der Waals surface area contributed by atoms with Crippen LogP contribution in [-0.2, 0) is 16.8 Å². The Hall–Kier alpha value is -2.82.